The van der Waals surface area contributed by atoms with E-state index < -0.39 is 0 Å². The predicted molar refractivity (Wildman–Crippen MR) is 78.6 cm³/mol. The number of amides is 1. The summed E-state index contributed by atoms with van der Waals surface area (Å²) in [5, 5.41) is 6.22. The van der Waals surface area contributed by atoms with E-state index >= 15 is 0 Å². The van der Waals surface area contributed by atoms with E-state index in [2.05, 4.69) is 38.3 Å². The third-order valence-electron chi connectivity index (χ3n) is 3.31. The predicted octanol–water partition coefficient (Wildman–Crippen LogP) is 2.95. The van der Waals surface area contributed by atoms with Gasteiger partial charge in [0.15, 0.2) is 0 Å². The summed E-state index contributed by atoms with van der Waals surface area (Å²) in [5.41, 5.74) is 0. The summed E-state index contributed by atoms with van der Waals surface area (Å²) in [6.45, 7) is 11.0. The van der Waals surface area contributed by atoms with Crippen LogP contribution in [0.25, 0.3) is 0 Å². The first kappa shape index (κ1) is 17.4. The van der Waals surface area contributed by atoms with Crippen molar-refractivity contribution in [2.75, 3.05) is 19.6 Å². The number of carbonyl (C=O) groups is 1. The molecule has 0 aromatic carbocycles. The first-order valence-electron chi connectivity index (χ1n) is 7.57. The Morgan fingerprint density at radius 3 is 2.44 bits per heavy atom. The monoisotopic (exact) mass is 256 g/mol. The van der Waals surface area contributed by atoms with Crippen LogP contribution in [0.2, 0.25) is 0 Å². The average Bonchev–Trinajstić information content (AvgIpc) is 2.33. The minimum absolute atomic E-state index is 0.126. The van der Waals surface area contributed by atoms with E-state index in [0.29, 0.717) is 18.4 Å². The van der Waals surface area contributed by atoms with Gasteiger partial charge < -0.3 is 10.6 Å². The molecule has 0 radical (unpaired) electrons. The van der Waals surface area contributed by atoms with Gasteiger partial charge in [0.25, 0.3) is 0 Å². The molecule has 0 rings (SSSR count). The van der Waals surface area contributed by atoms with Gasteiger partial charge in [-0.3, -0.25) is 4.79 Å². The first-order valence-corrected chi connectivity index (χ1v) is 7.57. The van der Waals surface area contributed by atoms with Crippen molar-refractivity contribution in [2.24, 2.45) is 11.8 Å². The molecule has 0 bridgehead atoms. The maximum absolute atomic E-state index is 11.5. The molecule has 108 valence electrons. The van der Waals surface area contributed by atoms with E-state index in [1.54, 1.807) is 0 Å². The number of hydrogen-bond acceptors (Lipinski definition) is 2. The Hall–Kier alpha value is -0.570. The minimum atomic E-state index is 0.126. The molecular formula is C15H32N2O. The van der Waals surface area contributed by atoms with Crippen LogP contribution in [0.4, 0.5) is 0 Å². The second kappa shape index (κ2) is 11.5. The average molecular weight is 256 g/mol. The maximum Gasteiger partial charge on any atom is 0.233 e. The van der Waals surface area contributed by atoms with Crippen LogP contribution in [0.3, 0.4) is 0 Å². The van der Waals surface area contributed by atoms with Crippen molar-refractivity contribution in [3.05, 3.63) is 0 Å². The van der Waals surface area contributed by atoms with Crippen molar-refractivity contribution in [1.82, 2.24) is 10.6 Å². The molecule has 0 aliphatic rings. The van der Waals surface area contributed by atoms with Crippen LogP contribution in [0, 0.1) is 11.8 Å². The molecule has 1 amide bonds. The molecule has 0 spiro atoms. The SMILES string of the molecule is CCCCC(CC)CNCC(=O)NCCC(C)C. The quantitative estimate of drug-likeness (QED) is 0.597. The Morgan fingerprint density at radius 2 is 1.89 bits per heavy atom. The number of nitrogens with one attached hydrogen (secondary N) is 2. The summed E-state index contributed by atoms with van der Waals surface area (Å²) in [6, 6.07) is 0. The van der Waals surface area contributed by atoms with Crippen molar-refractivity contribution in [3.63, 3.8) is 0 Å². The Kier molecular flexibility index (Phi) is 11.2. The number of rotatable bonds is 11. The van der Waals surface area contributed by atoms with E-state index in [1.165, 1.54) is 25.7 Å². The zero-order chi connectivity index (χ0) is 13.8. The lowest BCUT2D eigenvalue weighted by Crippen LogP contribution is -2.36. The van der Waals surface area contributed by atoms with E-state index in [4.69, 9.17) is 0 Å². The number of carbonyl (C=O) groups excluding carboxylic acids is 1. The summed E-state index contributed by atoms with van der Waals surface area (Å²) in [7, 11) is 0. The van der Waals surface area contributed by atoms with Crippen molar-refractivity contribution >= 4 is 5.91 Å². The highest BCUT2D eigenvalue weighted by Crippen LogP contribution is 2.10. The molecule has 3 nitrogen and oxygen atoms in total. The topological polar surface area (TPSA) is 41.1 Å². The second-order valence-electron chi connectivity index (χ2n) is 5.58. The van der Waals surface area contributed by atoms with Gasteiger partial charge in [-0.15, -0.1) is 0 Å². The zero-order valence-electron chi connectivity index (χ0n) is 12.7. The maximum atomic E-state index is 11.5. The van der Waals surface area contributed by atoms with E-state index in [9.17, 15) is 4.79 Å². The molecule has 3 heteroatoms. The van der Waals surface area contributed by atoms with Crippen LogP contribution >= 0.6 is 0 Å². The normalized spacial score (nSPS) is 12.7. The summed E-state index contributed by atoms with van der Waals surface area (Å²) in [6.07, 6.45) is 6.07. The lowest BCUT2D eigenvalue weighted by Gasteiger charge is -2.15. The zero-order valence-corrected chi connectivity index (χ0v) is 12.7. The molecule has 0 heterocycles. The summed E-state index contributed by atoms with van der Waals surface area (Å²) in [5.74, 6) is 1.49. The van der Waals surface area contributed by atoms with Crippen molar-refractivity contribution in [1.29, 1.82) is 0 Å². The van der Waals surface area contributed by atoms with Gasteiger partial charge in [-0.1, -0.05) is 47.0 Å². The highest BCUT2D eigenvalue weighted by Gasteiger charge is 2.06. The number of unbranched alkanes of at least 4 members (excludes halogenated alkanes) is 1. The van der Waals surface area contributed by atoms with Crippen LogP contribution < -0.4 is 10.6 Å². The van der Waals surface area contributed by atoms with Crippen molar-refractivity contribution in [2.45, 2.75) is 59.8 Å². The molecule has 0 aromatic heterocycles. The largest absolute Gasteiger partial charge is 0.355 e. The molecule has 2 N–H and O–H groups in total. The van der Waals surface area contributed by atoms with Gasteiger partial charge in [-0.25, -0.2) is 0 Å². The molecule has 0 aliphatic carbocycles. The lowest BCUT2D eigenvalue weighted by atomic mass is 9.99. The Labute approximate surface area is 113 Å². The lowest BCUT2D eigenvalue weighted by molar-refractivity contribution is -0.120. The van der Waals surface area contributed by atoms with Gasteiger partial charge in [0.1, 0.15) is 0 Å². The van der Waals surface area contributed by atoms with Crippen LogP contribution in [-0.4, -0.2) is 25.5 Å². The molecule has 1 unspecified atom stereocenters. The van der Waals surface area contributed by atoms with Gasteiger partial charge in [-0.2, -0.15) is 0 Å². The highest BCUT2D eigenvalue weighted by atomic mass is 16.1. The molecule has 0 saturated carbocycles. The van der Waals surface area contributed by atoms with Gasteiger partial charge in [-0.05, 0) is 31.2 Å². The first-order chi connectivity index (χ1) is 8.60. The summed E-state index contributed by atoms with van der Waals surface area (Å²) < 4.78 is 0. The van der Waals surface area contributed by atoms with Gasteiger partial charge in [0.05, 0.1) is 6.54 Å². The molecule has 0 fully saturated rings. The third-order valence-corrected chi connectivity index (χ3v) is 3.31. The van der Waals surface area contributed by atoms with Gasteiger partial charge >= 0.3 is 0 Å². The standard InChI is InChI=1S/C15H32N2O/c1-5-7-8-14(6-2)11-16-12-15(18)17-10-9-13(3)4/h13-14,16H,5-12H2,1-4H3,(H,17,18). The smallest absolute Gasteiger partial charge is 0.233 e. The second-order valence-corrected chi connectivity index (χ2v) is 5.58. The van der Waals surface area contributed by atoms with Crippen LogP contribution in [0.15, 0.2) is 0 Å². The Bertz CT molecular complexity index is 205. The van der Waals surface area contributed by atoms with Crippen LogP contribution in [0.1, 0.15) is 59.8 Å². The minimum Gasteiger partial charge on any atom is -0.355 e. The van der Waals surface area contributed by atoms with E-state index in [1.807, 2.05) is 0 Å². The summed E-state index contributed by atoms with van der Waals surface area (Å²) >= 11 is 0. The molecular weight excluding hydrogens is 224 g/mol. The highest BCUT2D eigenvalue weighted by molar-refractivity contribution is 5.77. The summed E-state index contributed by atoms with van der Waals surface area (Å²) in [4.78, 5) is 11.5. The molecule has 18 heavy (non-hydrogen) atoms. The van der Waals surface area contributed by atoms with Crippen LogP contribution in [0.5, 0.6) is 0 Å². The Balaban J connectivity index is 3.53. The van der Waals surface area contributed by atoms with Gasteiger partial charge in [0.2, 0.25) is 5.91 Å². The van der Waals surface area contributed by atoms with E-state index in [-0.39, 0.29) is 5.91 Å². The van der Waals surface area contributed by atoms with Crippen molar-refractivity contribution < 1.29 is 4.79 Å². The fourth-order valence-electron chi connectivity index (χ4n) is 1.90. The van der Waals surface area contributed by atoms with Crippen molar-refractivity contribution in [3.8, 4) is 0 Å². The molecule has 0 saturated heterocycles. The fourth-order valence-corrected chi connectivity index (χ4v) is 1.90. The molecule has 0 aliphatic heterocycles. The van der Waals surface area contributed by atoms with E-state index in [0.717, 1.165) is 19.5 Å². The molecule has 1 atom stereocenters. The number of hydrogen-bond donors (Lipinski definition) is 2. The third kappa shape index (κ3) is 10.6. The molecule has 0 aromatic rings. The van der Waals surface area contributed by atoms with Gasteiger partial charge in [0, 0.05) is 6.54 Å². The Morgan fingerprint density at radius 1 is 1.17 bits per heavy atom. The fraction of sp³-hybridized carbons (Fsp3) is 0.933. The van der Waals surface area contributed by atoms with Crippen LogP contribution in [-0.2, 0) is 4.79 Å².